The molecule has 0 bridgehead atoms. The van der Waals surface area contributed by atoms with Crippen molar-refractivity contribution < 1.29 is 4.74 Å². The fraction of sp³-hybridized carbons (Fsp3) is 0.385. The van der Waals surface area contributed by atoms with Crippen LogP contribution in [0, 0.1) is 4.77 Å². The van der Waals surface area contributed by atoms with Gasteiger partial charge in [0.15, 0.2) is 4.77 Å². The summed E-state index contributed by atoms with van der Waals surface area (Å²) in [5, 5.41) is 7.02. The molecule has 2 aromatic rings. The van der Waals surface area contributed by atoms with Crippen LogP contribution in [-0.2, 0) is 6.42 Å². The van der Waals surface area contributed by atoms with Gasteiger partial charge in [-0.05, 0) is 42.9 Å². The minimum Gasteiger partial charge on any atom is -0.494 e. The first-order valence-electron chi connectivity index (χ1n) is 6.15. The predicted molar refractivity (Wildman–Crippen MR) is 73.9 cm³/mol. The van der Waals surface area contributed by atoms with E-state index >= 15 is 0 Å². The van der Waals surface area contributed by atoms with Gasteiger partial charge in [-0.15, -0.1) is 0 Å². The molecule has 4 nitrogen and oxygen atoms in total. The highest BCUT2D eigenvalue weighted by atomic mass is 32.1. The third-order valence-electron chi connectivity index (χ3n) is 2.63. The van der Waals surface area contributed by atoms with Gasteiger partial charge in [0.25, 0.3) is 0 Å². The van der Waals surface area contributed by atoms with E-state index in [1.165, 1.54) is 0 Å². The summed E-state index contributed by atoms with van der Waals surface area (Å²) < 4.78 is 8.12. The van der Waals surface area contributed by atoms with Crippen molar-refractivity contribution in [3.05, 3.63) is 34.9 Å². The summed E-state index contributed by atoms with van der Waals surface area (Å²) in [5.74, 6) is 1.82. The Kier molecular flexibility index (Phi) is 4.15. The third kappa shape index (κ3) is 2.61. The molecule has 0 aliphatic carbocycles. The minimum atomic E-state index is 0.620. The number of H-pyrrole nitrogens is 1. The zero-order valence-electron chi connectivity index (χ0n) is 10.6. The zero-order valence-corrected chi connectivity index (χ0v) is 11.5. The predicted octanol–water partition coefficient (Wildman–Crippen LogP) is 3.28. The molecule has 1 aromatic heterocycles. The second-order valence-corrected chi connectivity index (χ2v) is 4.36. The lowest BCUT2D eigenvalue weighted by molar-refractivity contribution is 0.317. The largest absolute Gasteiger partial charge is 0.494 e. The smallest absolute Gasteiger partial charge is 0.199 e. The molecule has 0 saturated carbocycles. The highest BCUT2D eigenvalue weighted by Crippen LogP contribution is 2.17. The van der Waals surface area contributed by atoms with Crippen LogP contribution in [-0.4, -0.2) is 21.4 Å². The molecule has 0 spiro atoms. The molecular formula is C13H17N3OS. The maximum Gasteiger partial charge on any atom is 0.199 e. The van der Waals surface area contributed by atoms with E-state index in [4.69, 9.17) is 17.0 Å². The number of benzene rings is 1. The monoisotopic (exact) mass is 263 g/mol. The molecule has 2 rings (SSSR count). The van der Waals surface area contributed by atoms with Crippen LogP contribution < -0.4 is 4.74 Å². The van der Waals surface area contributed by atoms with Crippen LogP contribution >= 0.6 is 12.2 Å². The first kappa shape index (κ1) is 12.8. The summed E-state index contributed by atoms with van der Waals surface area (Å²) in [5.41, 5.74) is 1.01. The quantitative estimate of drug-likeness (QED) is 0.842. The van der Waals surface area contributed by atoms with Gasteiger partial charge < -0.3 is 4.74 Å². The van der Waals surface area contributed by atoms with Crippen molar-refractivity contribution in [1.29, 1.82) is 0 Å². The number of nitrogens with one attached hydrogen (secondary N) is 1. The van der Waals surface area contributed by atoms with E-state index in [1.54, 1.807) is 0 Å². The molecule has 1 heterocycles. The average Bonchev–Trinajstić information content (AvgIpc) is 2.78. The van der Waals surface area contributed by atoms with Gasteiger partial charge in [0.2, 0.25) is 0 Å². The zero-order chi connectivity index (χ0) is 13.0. The Hall–Kier alpha value is -1.62. The molecule has 5 heteroatoms. The Morgan fingerprint density at radius 3 is 2.61 bits per heavy atom. The molecule has 96 valence electrons. The van der Waals surface area contributed by atoms with Gasteiger partial charge in [0.1, 0.15) is 11.6 Å². The molecule has 1 aromatic carbocycles. The third-order valence-corrected chi connectivity index (χ3v) is 2.90. The summed E-state index contributed by atoms with van der Waals surface area (Å²) in [6.07, 6.45) is 1.84. The number of hydrogen-bond donors (Lipinski definition) is 1. The van der Waals surface area contributed by atoms with Gasteiger partial charge >= 0.3 is 0 Å². The summed E-state index contributed by atoms with van der Waals surface area (Å²) in [6, 6.07) is 7.91. The van der Waals surface area contributed by atoms with Crippen LogP contribution in [0.2, 0.25) is 0 Å². The second kappa shape index (κ2) is 5.82. The van der Waals surface area contributed by atoms with E-state index in [1.807, 2.05) is 28.8 Å². The van der Waals surface area contributed by atoms with Crippen molar-refractivity contribution in [3.63, 3.8) is 0 Å². The lowest BCUT2D eigenvalue weighted by atomic mass is 10.3. The maximum absolute atomic E-state index is 5.56. The number of rotatable bonds is 5. The summed E-state index contributed by atoms with van der Waals surface area (Å²) in [4.78, 5) is 0. The SMILES string of the molecule is CCCOc1ccc(-n2c(CC)n[nH]c2=S)cc1. The summed E-state index contributed by atoms with van der Waals surface area (Å²) >= 11 is 5.24. The first-order chi connectivity index (χ1) is 8.76. The van der Waals surface area contributed by atoms with Gasteiger partial charge in [-0.3, -0.25) is 9.67 Å². The van der Waals surface area contributed by atoms with Crippen LogP contribution in [0.1, 0.15) is 26.1 Å². The van der Waals surface area contributed by atoms with Crippen LogP contribution in [0.3, 0.4) is 0 Å². The Labute approximate surface area is 112 Å². The number of ether oxygens (including phenoxy) is 1. The molecule has 0 saturated heterocycles. The van der Waals surface area contributed by atoms with Crippen molar-refractivity contribution in [2.45, 2.75) is 26.7 Å². The maximum atomic E-state index is 5.56. The molecule has 0 fully saturated rings. The Morgan fingerprint density at radius 1 is 1.28 bits per heavy atom. The number of aryl methyl sites for hydroxylation is 1. The van der Waals surface area contributed by atoms with Crippen molar-refractivity contribution >= 4 is 12.2 Å². The standard InChI is InChI=1S/C13H17N3OS/c1-3-9-17-11-7-5-10(6-8-11)16-12(4-2)14-15-13(16)18/h5-8H,3-4,9H2,1-2H3,(H,15,18). The Balaban J connectivity index is 2.28. The molecule has 0 amide bonds. The van der Waals surface area contributed by atoms with Crippen molar-refractivity contribution in [1.82, 2.24) is 14.8 Å². The lowest BCUT2D eigenvalue weighted by Gasteiger charge is -2.08. The normalized spacial score (nSPS) is 10.6. The number of nitrogens with zero attached hydrogens (tertiary/aromatic N) is 2. The van der Waals surface area contributed by atoms with Crippen LogP contribution in [0.4, 0.5) is 0 Å². The summed E-state index contributed by atoms with van der Waals surface area (Å²) in [6.45, 7) is 4.89. The molecule has 18 heavy (non-hydrogen) atoms. The summed E-state index contributed by atoms with van der Waals surface area (Å²) in [7, 11) is 0. The molecule has 0 aliphatic heterocycles. The molecule has 1 N–H and O–H groups in total. The highest BCUT2D eigenvalue weighted by Gasteiger charge is 2.06. The van der Waals surface area contributed by atoms with E-state index < -0.39 is 0 Å². The average molecular weight is 263 g/mol. The molecule has 0 radical (unpaired) electrons. The van der Waals surface area contributed by atoms with Crippen LogP contribution in [0.25, 0.3) is 5.69 Å². The van der Waals surface area contributed by atoms with E-state index in [-0.39, 0.29) is 0 Å². The minimum absolute atomic E-state index is 0.620. The number of aromatic nitrogens is 3. The van der Waals surface area contributed by atoms with E-state index in [9.17, 15) is 0 Å². The van der Waals surface area contributed by atoms with Gasteiger partial charge in [0.05, 0.1) is 6.61 Å². The van der Waals surface area contributed by atoms with Crippen LogP contribution in [0.5, 0.6) is 5.75 Å². The highest BCUT2D eigenvalue weighted by molar-refractivity contribution is 7.71. The Morgan fingerprint density at radius 2 is 2.00 bits per heavy atom. The number of hydrogen-bond acceptors (Lipinski definition) is 3. The van der Waals surface area contributed by atoms with Gasteiger partial charge in [-0.25, -0.2) is 0 Å². The van der Waals surface area contributed by atoms with Gasteiger partial charge in [0, 0.05) is 12.1 Å². The van der Waals surface area contributed by atoms with Crippen LogP contribution in [0.15, 0.2) is 24.3 Å². The molecule has 0 unspecified atom stereocenters. The number of aromatic amines is 1. The van der Waals surface area contributed by atoms with Crippen molar-refractivity contribution in [2.24, 2.45) is 0 Å². The topological polar surface area (TPSA) is 42.8 Å². The first-order valence-corrected chi connectivity index (χ1v) is 6.56. The van der Waals surface area contributed by atoms with Gasteiger partial charge in [-0.1, -0.05) is 13.8 Å². The van der Waals surface area contributed by atoms with Gasteiger partial charge in [-0.2, -0.15) is 5.10 Å². The second-order valence-electron chi connectivity index (χ2n) is 3.98. The lowest BCUT2D eigenvalue weighted by Crippen LogP contribution is -2.00. The van der Waals surface area contributed by atoms with E-state index in [0.717, 1.165) is 36.7 Å². The molecule has 0 aliphatic rings. The van der Waals surface area contributed by atoms with Crippen molar-refractivity contribution in [3.8, 4) is 11.4 Å². The fourth-order valence-electron chi connectivity index (χ4n) is 1.74. The van der Waals surface area contributed by atoms with E-state index in [0.29, 0.717) is 4.77 Å². The molecule has 0 atom stereocenters. The Bertz CT molecular complexity index is 556. The van der Waals surface area contributed by atoms with Crippen molar-refractivity contribution in [2.75, 3.05) is 6.61 Å². The molecular weight excluding hydrogens is 246 g/mol. The fourth-order valence-corrected chi connectivity index (χ4v) is 2.00. The van der Waals surface area contributed by atoms with E-state index in [2.05, 4.69) is 24.0 Å².